The van der Waals surface area contributed by atoms with E-state index in [1.54, 1.807) is 12.1 Å². The van der Waals surface area contributed by atoms with Gasteiger partial charge in [0.25, 0.3) is 5.91 Å². The van der Waals surface area contributed by atoms with Crippen LogP contribution in [0, 0.1) is 0 Å². The van der Waals surface area contributed by atoms with Crippen molar-refractivity contribution in [3.05, 3.63) is 29.8 Å². The molecule has 2 rings (SSSR count). The Balaban J connectivity index is 0.000000442. The zero-order chi connectivity index (χ0) is 11.8. The number of rotatable bonds is 0. The van der Waals surface area contributed by atoms with Crippen LogP contribution in [0.4, 0.5) is 5.69 Å². The minimum Gasteiger partial charge on any atom is -0.281 e. The lowest BCUT2D eigenvalue weighted by Crippen LogP contribution is -2.21. The molecule has 1 aliphatic heterocycles. The van der Waals surface area contributed by atoms with Gasteiger partial charge in [-0.25, -0.2) is 0 Å². The maximum atomic E-state index is 10.9. The summed E-state index contributed by atoms with van der Waals surface area (Å²) in [6.07, 6.45) is 0.312. The van der Waals surface area contributed by atoms with Crippen LogP contribution in [0.3, 0.4) is 0 Å². The summed E-state index contributed by atoms with van der Waals surface area (Å²) in [5.74, 6) is -0.258. The average Bonchev–Trinajstić information content (AvgIpc) is 2.61. The molecule has 0 saturated carbocycles. The largest absolute Gasteiger partial charge is 0.281 e. The van der Waals surface area contributed by atoms with Crippen LogP contribution in [0.2, 0.25) is 0 Å². The predicted octanol–water partition coefficient (Wildman–Crippen LogP) is 3.02. The molecule has 0 saturated heterocycles. The second-order valence-corrected chi connectivity index (χ2v) is 2.51. The van der Waals surface area contributed by atoms with E-state index >= 15 is 0 Å². The predicted molar refractivity (Wildman–Crippen MR) is 62.1 cm³/mol. The molecule has 0 aliphatic carbocycles. The summed E-state index contributed by atoms with van der Waals surface area (Å²) in [4.78, 5) is 10.9. The molecular formula is C12H19NO2. The quantitative estimate of drug-likeness (QED) is 0.667. The van der Waals surface area contributed by atoms with Crippen molar-refractivity contribution in [3.63, 3.8) is 0 Å². The molecule has 1 N–H and O–H groups in total. The molecule has 1 aromatic carbocycles. The smallest absolute Gasteiger partial charge is 0.255 e. The molecule has 0 atom stereocenters. The number of amides is 1. The molecule has 3 heteroatoms. The number of anilines is 1. The Morgan fingerprint density at radius 2 is 1.67 bits per heavy atom. The lowest BCUT2D eigenvalue weighted by molar-refractivity contribution is -0.122. The van der Waals surface area contributed by atoms with Gasteiger partial charge in [0.1, 0.15) is 0 Å². The van der Waals surface area contributed by atoms with Crippen LogP contribution in [-0.4, -0.2) is 11.1 Å². The van der Waals surface area contributed by atoms with Gasteiger partial charge in [0, 0.05) is 0 Å². The van der Waals surface area contributed by atoms with Gasteiger partial charge < -0.3 is 0 Å². The molecule has 84 valence electrons. The third-order valence-corrected chi connectivity index (χ3v) is 1.80. The molecule has 1 heterocycles. The average molecular weight is 209 g/mol. The van der Waals surface area contributed by atoms with Gasteiger partial charge in [-0.1, -0.05) is 45.9 Å². The van der Waals surface area contributed by atoms with Gasteiger partial charge >= 0.3 is 0 Å². The number of para-hydroxylation sites is 1. The Kier molecular flexibility index (Phi) is 6.38. The van der Waals surface area contributed by atoms with E-state index in [4.69, 9.17) is 5.21 Å². The van der Waals surface area contributed by atoms with Gasteiger partial charge in [0.2, 0.25) is 0 Å². The van der Waals surface area contributed by atoms with Crippen molar-refractivity contribution >= 4 is 11.6 Å². The number of hydroxylamine groups is 1. The van der Waals surface area contributed by atoms with Gasteiger partial charge in [-0.2, -0.15) is 5.06 Å². The number of hydrogen-bond donors (Lipinski definition) is 1. The first-order chi connectivity index (χ1) is 7.29. The minimum absolute atomic E-state index is 0.258. The van der Waals surface area contributed by atoms with Crippen molar-refractivity contribution in [1.82, 2.24) is 0 Å². The van der Waals surface area contributed by atoms with E-state index in [1.165, 1.54) is 0 Å². The highest BCUT2D eigenvalue weighted by Crippen LogP contribution is 2.25. The molecule has 1 aliphatic rings. The summed E-state index contributed by atoms with van der Waals surface area (Å²) in [6.45, 7) is 8.00. The maximum Gasteiger partial charge on any atom is 0.255 e. The number of nitrogens with zero attached hydrogens (tertiary/aromatic N) is 1. The second-order valence-electron chi connectivity index (χ2n) is 2.51. The first kappa shape index (κ1) is 13.7. The third-order valence-electron chi connectivity index (χ3n) is 1.80. The lowest BCUT2D eigenvalue weighted by atomic mass is 10.2. The Hall–Kier alpha value is -1.35. The molecule has 0 fully saturated rings. The van der Waals surface area contributed by atoms with Gasteiger partial charge in [-0.3, -0.25) is 10.0 Å². The van der Waals surface area contributed by atoms with Crippen molar-refractivity contribution in [2.24, 2.45) is 0 Å². The van der Waals surface area contributed by atoms with Crippen LogP contribution in [0.5, 0.6) is 0 Å². The summed E-state index contributed by atoms with van der Waals surface area (Å²) in [5, 5.41) is 9.84. The third kappa shape index (κ3) is 3.06. The number of carbonyl (C=O) groups excluding carboxylic acids is 1. The molecule has 3 nitrogen and oxygen atoms in total. The van der Waals surface area contributed by atoms with Crippen LogP contribution < -0.4 is 5.06 Å². The van der Waals surface area contributed by atoms with Crippen molar-refractivity contribution in [2.45, 2.75) is 34.1 Å². The standard InChI is InChI=1S/C8H7NO2.2C2H6/c10-8-5-6-3-1-2-4-7(6)9(8)11;2*1-2/h1-4,11H,5H2;2*1-2H3. The van der Waals surface area contributed by atoms with E-state index in [1.807, 2.05) is 39.8 Å². The SMILES string of the molecule is CC.CC.O=C1Cc2ccccc2N1O. The van der Waals surface area contributed by atoms with Crippen molar-refractivity contribution in [3.8, 4) is 0 Å². The Labute approximate surface area is 91.3 Å². The summed E-state index contributed by atoms with van der Waals surface area (Å²) < 4.78 is 0. The van der Waals surface area contributed by atoms with E-state index in [9.17, 15) is 4.79 Å². The van der Waals surface area contributed by atoms with Crippen LogP contribution in [-0.2, 0) is 11.2 Å². The Morgan fingerprint density at radius 3 is 2.20 bits per heavy atom. The molecule has 1 aromatic rings. The molecule has 0 aromatic heterocycles. The van der Waals surface area contributed by atoms with E-state index in [2.05, 4.69) is 0 Å². The van der Waals surface area contributed by atoms with Crippen molar-refractivity contribution in [2.75, 3.05) is 5.06 Å². The van der Waals surface area contributed by atoms with Crippen LogP contribution in [0.15, 0.2) is 24.3 Å². The molecule has 15 heavy (non-hydrogen) atoms. The van der Waals surface area contributed by atoms with Crippen LogP contribution >= 0.6 is 0 Å². The fraction of sp³-hybridized carbons (Fsp3) is 0.417. The van der Waals surface area contributed by atoms with Gasteiger partial charge in [-0.05, 0) is 11.6 Å². The summed E-state index contributed by atoms with van der Waals surface area (Å²) in [6, 6.07) is 7.20. The highest BCUT2D eigenvalue weighted by atomic mass is 16.5. The number of carbonyl (C=O) groups is 1. The molecule has 0 radical (unpaired) electrons. The molecule has 0 spiro atoms. The zero-order valence-electron chi connectivity index (χ0n) is 9.82. The Morgan fingerprint density at radius 1 is 1.13 bits per heavy atom. The zero-order valence-corrected chi connectivity index (χ0v) is 9.82. The number of benzene rings is 1. The number of fused-ring (bicyclic) bond motifs is 1. The fourth-order valence-corrected chi connectivity index (χ4v) is 1.24. The van der Waals surface area contributed by atoms with Crippen LogP contribution in [0.25, 0.3) is 0 Å². The number of hydrogen-bond acceptors (Lipinski definition) is 2. The molecular weight excluding hydrogens is 190 g/mol. The highest BCUT2D eigenvalue weighted by molar-refractivity contribution is 5.99. The van der Waals surface area contributed by atoms with E-state index in [-0.39, 0.29) is 5.91 Å². The molecule has 0 unspecified atom stereocenters. The summed E-state index contributed by atoms with van der Waals surface area (Å²) >= 11 is 0. The minimum atomic E-state index is -0.258. The van der Waals surface area contributed by atoms with Gasteiger partial charge in [0.05, 0.1) is 12.1 Å². The van der Waals surface area contributed by atoms with Gasteiger partial charge in [0.15, 0.2) is 0 Å². The van der Waals surface area contributed by atoms with E-state index in [0.717, 1.165) is 5.56 Å². The fourth-order valence-electron chi connectivity index (χ4n) is 1.24. The van der Waals surface area contributed by atoms with Crippen LogP contribution in [0.1, 0.15) is 33.3 Å². The summed E-state index contributed by atoms with van der Waals surface area (Å²) in [7, 11) is 0. The maximum absolute atomic E-state index is 10.9. The highest BCUT2D eigenvalue weighted by Gasteiger charge is 2.24. The Bertz CT molecular complexity index is 310. The first-order valence-corrected chi connectivity index (χ1v) is 5.39. The lowest BCUT2D eigenvalue weighted by Gasteiger charge is -2.05. The van der Waals surface area contributed by atoms with E-state index < -0.39 is 0 Å². The first-order valence-electron chi connectivity index (χ1n) is 5.39. The monoisotopic (exact) mass is 209 g/mol. The van der Waals surface area contributed by atoms with E-state index in [0.29, 0.717) is 17.2 Å². The van der Waals surface area contributed by atoms with Crippen molar-refractivity contribution < 1.29 is 10.0 Å². The summed E-state index contributed by atoms with van der Waals surface area (Å²) in [5.41, 5.74) is 1.50. The van der Waals surface area contributed by atoms with Gasteiger partial charge in [-0.15, -0.1) is 0 Å². The van der Waals surface area contributed by atoms with Crippen molar-refractivity contribution in [1.29, 1.82) is 0 Å². The molecule has 1 amide bonds. The molecule has 0 bridgehead atoms. The second kappa shape index (κ2) is 7.01. The topological polar surface area (TPSA) is 40.5 Å². The normalized spacial score (nSPS) is 12.1.